The lowest BCUT2D eigenvalue weighted by molar-refractivity contribution is -0.123. The highest BCUT2D eigenvalue weighted by atomic mass is 16.3. The van der Waals surface area contributed by atoms with E-state index in [1.165, 1.54) is 109 Å². The number of nitrogens with one attached hydrogen (secondary N) is 1. The molecule has 4 heteroatoms. The van der Waals surface area contributed by atoms with Gasteiger partial charge in [0.15, 0.2) is 0 Å². The summed E-state index contributed by atoms with van der Waals surface area (Å²) in [6, 6.07) is -0.681. The first kappa shape index (κ1) is 61.5. The number of allylic oxidation sites excluding steroid dienone is 21. The van der Waals surface area contributed by atoms with E-state index < -0.39 is 12.1 Å². The molecule has 368 valence electrons. The number of carbonyl (C=O) groups excluding carboxylic acids is 1. The van der Waals surface area contributed by atoms with Crippen LogP contribution in [0.25, 0.3) is 0 Å². The minimum Gasteiger partial charge on any atom is -0.394 e. The van der Waals surface area contributed by atoms with E-state index in [0.717, 1.165) is 96.3 Å². The Morgan fingerprint density at radius 3 is 1.08 bits per heavy atom. The Balaban J connectivity index is 3.74. The lowest BCUT2D eigenvalue weighted by Gasteiger charge is -2.19. The molecule has 0 fully saturated rings. The van der Waals surface area contributed by atoms with Crippen molar-refractivity contribution in [3.8, 4) is 0 Å². The largest absolute Gasteiger partial charge is 0.394 e. The molecule has 0 spiro atoms. The maximum absolute atomic E-state index is 12.4. The molecule has 2 atom stereocenters. The summed E-state index contributed by atoms with van der Waals surface area (Å²) >= 11 is 0. The van der Waals surface area contributed by atoms with Crippen LogP contribution in [0.15, 0.2) is 134 Å². The Morgan fingerprint density at radius 2 is 0.692 bits per heavy atom. The molecule has 0 aliphatic rings. The Bertz CT molecular complexity index is 1340. The van der Waals surface area contributed by atoms with Gasteiger partial charge in [-0.05, 0) is 109 Å². The van der Waals surface area contributed by atoms with E-state index in [9.17, 15) is 15.0 Å². The van der Waals surface area contributed by atoms with Gasteiger partial charge in [0.05, 0.1) is 18.8 Å². The summed E-state index contributed by atoms with van der Waals surface area (Å²) in [6.07, 6.45) is 86.0. The van der Waals surface area contributed by atoms with Crippen LogP contribution < -0.4 is 5.32 Å². The number of hydrogen-bond donors (Lipinski definition) is 3. The van der Waals surface area contributed by atoms with Crippen molar-refractivity contribution in [1.82, 2.24) is 5.32 Å². The van der Waals surface area contributed by atoms with Gasteiger partial charge >= 0.3 is 0 Å². The van der Waals surface area contributed by atoms with Crippen molar-refractivity contribution in [3.05, 3.63) is 134 Å². The molecule has 0 saturated carbocycles. The van der Waals surface area contributed by atoms with E-state index in [2.05, 4.69) is 141 Å². The average molecular weight is 896 g/mol. The van der Waals surface area contributed by atoms with Crippen molar-refractivity contribution in [2.24, 2.45) is 0 Å². The van der Waals surface area contributed by atoms with Gasteiger partial charge in [0.2, 0.25) is 5.91 Å². The van der Waals surface area contributed by atoms with Gasteiger partial charge in [-0.2, -0.15) is 0 Å². The summed E-state index contributed by atoms with van der Waals surface area (Å²) in [5, 5.41) is 23.1. The molecule has 0 rings (SSSR count). The van der Waals surface area contributed by atoms with Crippen LogP contribution in [0, 0.1) is 0 Å². The summed E-state index contributed by atoms with van der Waals surface area (Å²) in [5.74, 6) is -0.125. The first-order valence-electron chi connectivity index (χ1n) is 26.9. The third-order valence-corrected chi connectivity index (χ3v) is 11.3. The Hall–Kier alpha value is -3.47. The number of hydrogen-bond acceptors (Lipinski definition) is 3. The number of aliphatic hydroxyl groups is 2. The molecule has 4 nitrogen and oxygen atoms in total. The van der Waals surface area contributed by atoms with Gasteiger partial charge in [0.1, 0.15) is 0 Å². The zero-order chi connectivity index (χ0) is 47.0. The summed E-state index contributed by atoms with van der Waals surface area (Å²) in [7, 11) is 0. The summed E-state index contributed by atoms with van der Waals surface area (Å²) in [5.41, 5.74) is 0. The van der Waals surface area contributed by atoms with Crippen LogP contribution in [0.5, 0.6) is 0 Å². The SMILES string of the molecule is CC/C=C\C/C=C\C/C=C\C/C=C\C/C=C\C/C=C\C/C=C\C/C=C\CCCCC(=O)NC(CO)C(O)/C=C/CC/C=C/CC/C=C/CCCCCCCCCCCCCCCCCC. The summed E-state index contributed by atoms with van der Waals surface area (Å²) < 4.78 is 0. The van der Waals surface area contributed by atoms with Crippen LogP contribution in [-0.4, -0.2) is 34.9 Å². The number of rotatable bonds is 47. The third kappa shape index (κ3) is 51.4. The monoisotopic (exact) mass is 896 g/mol. The maximum atomic E-state index is 12.4. The molecule has 1 amide bonds. The van der Waals surface area contributed by atoms with Crippen molar-refractivity contribution < 1.29 is 15.0 Å². The first-order valence-corrected chi connectivity index (χ1v) is 26.9. The number of carbonyl (C=O) groups is 1. The molecule has 0 bridgehead atoms. The fourth-order valence-electron chi connectivity index (χ4n) is 7.28. The molecule has 0 aromatic carbocycles. The number of unbranched alkanes of at least 4 members (excludes halogenated alkanes) is 20. The van der Waals surface area contributed by atoms with Crippen molar-refractivity contribution in [3.63, 3.8) is 0 Å². The van der Waals surface area contributed by atoms with Crippen LogP contribution >= 0.6 is 0 Å². The molecule has 65 heavy (non-hydrogen) atoms. The Kier molecular flexibility index (Phi) is 51.9. The summed E-state index contributed by atoms with van der Waals surface area (Å²) in [4.78, 5) is 12.4. The zero-order valence-corrected chi connectivity index (χ0v) is 42.2. The van der Waals surface area contributed by atoms with Crippen molar-refractivity contribution in [2.45, 2.75) is 238 Å². The third-order valence-electron chi connectivity index (χ3n) is 11.3. The molecule has 2 unspecified atom stereocenters. The quantitative estimate of drug-likeness (QED) is 0.0421. The predicted octanol–water partition coefficient (Wildman–Crippen LogP) is 17.9. The Morgan fingerprint density at radius 1 is 0.385 bits per heavy atom. The maximum Gasteiger partial charge on any atom is 0.220 e. The first-order chi connectivity index (χ1) is 32.2. The number of aliphatic hydroxyl groups excluding tert-OH is 2. The molecule has 3 N–H and O–H groups in total. The highest BCUT2D eigenvalue weighted by Crippen LogP contribution is 2.14. The topological polar surface area (TPSA) is 69.6 Å². The fourth-order valence-corrected chi connectivity index (χ4v) is 7.28. The average Bonchev–Trinajstić information content (AvgIpc) is 3.31. The lowest BCUT2D eigenvalue weighted by atomic mass is 10.0. The molecule has 0 radical (unpaired) electrons. The van der Waals surface area contributed by atoms with Crippen LogP contribution in [0.3, 0.4) is 0 Å². The Labute approximate surface area is 402 Å². The molecular formula is C61H101NO3. The normalized spacial score (nSPS) is 14.0. The summed E-state index contributed by atoms with van der Waals surface area (Å²) in [6.45, 7) is 4.16. The van der Waals surface area contributed by atoms with Crippen LogP contribution in [-0.2, 0) is 4.79 Å². The second-order valence-electron chi connectivity index (χ2n) is 17.5. The molecular weight excluding hydrogens is 795 g/mol. The highest BCUT2D eigenvalue weighted by molar-refractivity contribution is 5.76. The smallest absolute Gasteiger partial charge is 0.220 e. The van der Waals surface area contributed by atoms with Gasteiger partial charge < -0.3 is 15.5 Å². The minimum atomic E-state index is -0.900. The van der Waals surface area contributed by atoms with Crippen LogP contribution in [0.1, 0.15) is 226 Å². The van der Waals surface area contributed by atoms with Crippen LogP contribution in [0.2, 0.25) is 0 Å². The van der Waals surface area contributed by atoms with Crippen LogP contribution in [0.4, 0.5) is 0 Å². The zero-order valence-electron chi connectivity index (χ0n) is 42.2. The van der Waals surface area contributed by atoms with E-state index in [1.54, 1.807) is 6.08 Å². The molecule has 0 aromatic rings. The molecule has 0 aromatic heterocycles. The van der Waals surface area contributed by atoms with E-state index in [1.807, 2.05) is 6.08 Å². The standard InChI is InChI=1S/C61H101NO3/c1-3-5-7-9-11-13-15-17-19-21-23-25-27-29-31-33-35-37-39-41-43-45-47-49-51-53-55-57-61(65)62-59(58-63)60(64)56-54-52-50-48-46-44-42-40-38-36-34-32-30-28-26-24-22-20-18-16-14-12-10-8-6-4-2/h5,7,11,13,17,19,23,25,29,31,35,37-38,40-41,43,46-49,54,56,59-60,63-64H,3-4,6,8-10,12,14-16,18,20-22,24,26-28,30,32-34,36,39,42,44-45,50-53,55,57-58H2,1-2H3,(H,62,65)/b7-5-,13-11-,19-17-,25-23-,31-29-,37-35-,40-38+,43-41-,48-46+,49-47-,56-54+. The van der Waals surface area contributed by atoms with Crippen molar-refractivity contribution in [2.75, 3.05) is 6.61 Å². The molecule has 0 heterocycles. The second-order valence-corrected chi connectivity index (χ2v) is 17.5. The lowest BCUT2D eigenvalue weighted by Crippen LogP contribution is -2.45. The fraction of sp³-hybridized carbons (Fsp3) is 0.623. The molecule has 0 aliphatic heterocycles. The van der Waals surface area contributed by atoms with E-state index >= 15 is 0 Å². The van der Waals surface area contributed by atoms with E-state index in [-0.39, 0.29) is 12.5 Å². The highest BCUT2D eigenvalue weighted by Gasteiger charge is 2.17. The van der Waals surface area contributed by atoms with Gasteiger partial charge in [0.25, 0.3) is 0 Å². The van der Waals surface area contributed by atoms with Gasteiger partial charge in [-0.1, -0.05) is 244 Å². The van der Waals surface area contributed by atoms with E-state index in [0.29, 0.717) is 6.42 Å². The number of amides is 1. The van der Waals surface area contributed by atoms with Crippen molar-refractivity contribution >= 4 is 5.91 Å². The minimum absolute atomic E-state index is 0.125. The van der Waals surface area contributed by atoms with Gasteiger partial charge in [0, 0.05) is 6.42 Å². The van der Waals surface area contributed by atoms with Gasteiger partial charge in [-0.25, -0.2) is 0 Å². The van der Waals surface area contributed by atoms with E-state index in [4.69, 9.17) is 0 Å². The molecule has 0 aliphatic carbocycles. The molecule has 0 saturated heterocycles. The second kappa shape index (κ2) is 54.9. The predicted molar refractivity (Wildman–Crippen MR) is 289 cm³/mol. The van der Waals surface area contributed by atoms with Gasteiger partial charge in [-0.15, -0.1) is 0 Å². The van der Waals surface area contributed by atoms with Gasteiger partial charge in [-0.3, -0.25) is 4.79 Å². The van der Waals surface area contributed by atoms with Crippen molar-refractivity contribution in [1.29, 1.82) is 0 Å².